The molecule has 1 aromatic carbocycles. The number of amides is 2. The van der Waals surface area contributed by atoms with Crippen molar-refractivity contribution in [2.75, 3.05) is 13.1 Å². The third kappa shape index (κ3) is 4.04. The van der Waals surface area contributed by atoms with Crippen molar-refractivity contribution in [3.05, 3.63) is 60.1 Å². The smallest absolute Gasteiger partial charge is 0.287 e. The first kappa shape index (κ1) is 16.3. The molecule has 2 heterocycles. The first-order valence-corrected chi connectivity index (χ1v) is 8.41. The van der Waals surface area contributed by atoms with Gasteiger partial charge in [0.25, 0.3) is 5.91 Å². The van der Waals surface area contributed by atoms with Gasteiger partial charge in [-0.15, -0.1) is 0 Å². The number of benzene rings is 1. The highest BCUT2D eigenvalue weighted by atomic mass is 16.3. The van der Waals surface area contributed by atoms with Gasteiger partial charge < -0.3 is 14.6 Å². The van der Waals surface area contributed by atoms with Crippen LogP contribution in [0.25, 0.3) is 0 Å². The molecule has 3 rings (SSSR count). The fourth-order valence-electron chi connectivity index (χ4n) is 3.02. The van der Waals surface area contributed by atoms with Crippen molar-refractivity contribution in [3.8, 4) is 0 Å². The maximum absolute atomic E-state index is 12.9. The summed E-state index contributed by atoms with van der Waals surface area (Å²) in [7, 11) is 0. The van der Waals surface area contributed by atoms with Crippen LogP contribution in [0, 0.1) is 0 Å². The molecule has 0 bridgehead atoms. The Morgan fingerprint density at radius 2 is 1.79 bits per heavy atom. The van der Waals surface area contributed by atoms with Crippen LogP contribution in [0.4, 0.5) is 0 Å². The van der Waals surface area contributed by atoms with E-state index in [1.54, 1.807) is 12.1 Å². The Balaban J connectivity index is 1.74. The Morgan fingerprint density at radius 1 is 1.04 bits per heavy atom. The average Bonchev–Trinajstić information content (AvgIpc) is 3.17. The zero-order chi connectivity index (χ0) is 16.8. The fraction of sp³-hybridized carbons (Fsp3) is 0.368. The van der Waals surface area contributed by atoms with Crippen molar-refractivity contribution in [1.29, 1.82) is 0 Å². The Hall–Kier alpha value is -2.56. The van der Waals surface area contributed by atoms with Crippen molar-refractivity contribution in [2.45, 2.75) is 31.7 Å². The molecule has 2 amide bonds. The van der Waals surface area contributed by atoms with Gasteiger partial charge in [0.15, 0.2) is 5.76 Å². The summed E-state index contributed by atoms with van der Waals surface area (Å²) >= 11 is 0. The van der Waals surface area contributed by atoms with Gasteiger partial charge in [0.1, 0.15) is 6.04 Å². The molecular formula is C19H22N2O3. The molecule has 0 aliphatic carbocycles. The van der Waals surface area contributed by atoms with E-state index in [4.69, 9.17) is 4.42 Å². The van der Waals surface area contributed by atoms with Crippen LogP contribution in [0.1, 0.15) is 35.4 Å². The van der Waals surface area contributed by atoms with Gasteiger partial charge in [-0.1, -0.05) is 30.3 Å². The molecule has 1 atom stereocenters. The van der Waals surface area contributed by atoms with E-state index in [0.717, 1.165) is 37.9 Å². The van der Waals surface area contributed by atoms with Crippen molar-refractivity contribution in [1.82, 2.24) is 10.2 Å². The normalized spacial score (nSPS) is 15.8. The molecule has 1 aliphatic heterocycles. The average molecular weight is 326 g/mol. The molecular weight excluding hydrogens is 304 g/mol. The highest BCUT2D eigenvalue weighted by Gasteiger charge is 2.28. The van der Waals surface area contributed by atoms with Gasteiger partial charge in [0.05, 0.1) is 6.26 Å². The lowest BCUT2D eigenvalue weighted by Crippen LogP contribution is -2.51. The van der Waals surface area contributed by atoms with Crippen LogP contribution in [0.15, 0.2) is 53.1 Å². The van der Waals surface area contributed by atoms with E-state index in [1.165, 1.54) is 6.26 Å². The van der Waals surface area contributed by atoms with E-state index in [2.05, 4.69) is 5.32 Å². The Morgan fingerprint density at radius 3 is 2.46 bits per heavy atom. The van der Waals surface area contributed by atoms with Crippen molar-refractivity contribution in [3.63, 3.8) is 0 Å². The third-order valence-electron chi connectivity index (χ3n) is 4.30. The first-order valence-electron chi connectivity index (χ1n) is 8.41. The summed E-state index contributed by atoms with van der Waals surface area (Å²) in [4.78, 5) is 27.1. The summed E-state index contributed by atoms with van der Waals surface area (Å²) in [5.74, 6) is -0.149. The van der Waals surface area contributed by atoms with Crippen LogP contribution in [-0.2, 0) is 11.2 Å². The van der Waals surface area contributed by atoms with Crippen molar-refractivity contribution >= 4 is 11.8 Å². The van der Waals surface area contributed by atoms with Gasteiger partial charge in [-0.3, -0.25) is 9.59 Å². The topological polar surface area (TPSA) is 62.6 Å². The molecule has 0 radical (unpaired) electrons. The lowest BCUT2D eigenvalue weighted by molar-refractivity contribution is -0.134. The zero-order valence-corrected chi connectivity index (χ0v) is 13.6. The van der Waals surface area contributed by atoms with E-state index in [9.17, 15) is 9.59 Å². The number of piperidine rings is 1. The van der Waals surface area contributed by atoms with E-state index >= 15 is 0 Å². The second-order valence-electron chi connectivity index (χ2n) is 6.08. The molecule has 0 saturated carbocycles. The number of carbonyl (C=O) groups is 2. The van der Waals surface area contributed by atoms with E-state index in [0.29, 0.717) is 6.42 Å². The highest BCUT2D eigenvalue weighted by Crippen LogP contribution is 2.13. The molecule has 1 N–H and O–H groups in total. The van der Waals surface area contributed by atoms with Crippen LogP contribution in [-0.4, -0.2) is 35.8 Å². The lowest BCUT2D eigenvalue weighted by Gasteiger charge is -2.30. The Bertz CT molecular complexity index is 661. The van der Waals surface area contributed by atoms with Crippen LogP contribution in [0.5, 0.6) is 0 Å². The van der Waals surface area contributed by atoms with Crippen molar-refractivity contribution < 1.29 is 14.0 Å². The highest BCUT2D eigenvalue weighted by molar-refractivity contribution is 5.95. The number of likely N-dealkylation sites (tertiary alicyclic amines) is 1. The number of nitrogens with one attached hydrogen (secondary N) is 1. The Kier molecular flexibility index (Phi) is 5.31. The largest absolute Gasteiger partial charge is 0.459 e. The molecule has 1 aromatic heterocycles. The van der Waals surface area contributed by atoms with Gasteiger partial charge in [-0.2, -0.15) is 0 Å². The molecule has 5 heteroatoms. The quantitative estimate of drug-likeness (QED) is 0.919. The molecule has 126 valence electrons. The number of hydrogen-bond acceptors (Lipinski definition) is 3. The molecule has 1 saturated heterocycles. The summed E-state index contributed by atoms with van der Waals surface area (Å²) < 4.78 is 5.13. The lowest BCUT2D eigenvalue weighted by atomic mass is 10.0. The van der Waals surface area contributed by atoms with Crippen LogP contribution >= 0.6 is 0 Å². The minimum Gasteiger partial charge on any atom is -0.459 e. The molecule has 24 heavy (non-hydrogen) atoms. The number of nitrogens with zero attached hydrogens (tertiary/aromatic N) is 1. The molecule has 0 spiro atoms. The van der Waals surface area contributed by atoms with E-state index in [1.807, 2.05) is 35.2 Å². The third-order valence-corrected chi connectivity index (χ3v) is 4.30. The summed E-state index contributed by atoms with van der Waals surface area (Å²) in [6.07, 6.45) is 5.13. The molecule has 0 unspecified atom stereocenters. The maximum Gasteiger partial charge on any atom is 0.287 e. The van der Waals surface area contributed by atoms with Crippen molar-refractivity contribution in [2.24, 2.45) is 0 Å². The van der Waals surface area contributed by atoms with E-state index in [-0.39, 0.29) is 17.6 Å². The maximum atomic E-state index is 12.9. The molecule has 1 aliphatic rings. The number of furan rings is 1. The van der Waals surface area contributed by atoms with E-state index < -0.39 is 6.04 Å². The monoisotopic (exact) mass is 326 g/mol. The second kappa shape index (κ2) is 7.81. The minimum absolute atomic E-state index is 0.0153. The summed E-state index contributed by atoms with van der Waals surface area (Å²) in [5.41, 5.74) is 1.02. The molecule has 1 fully saturated rings. The molecule has 2 aromatic rings. The SMILES string of the molecule is O=C(N[C@@H](Cc1ccccc1)C(=O)N1CCCCC1)c1ccco1. The predicted molar refractivity (Wildman–Crippen MR) is 90.5 cm³/mol. The predicted octanol–water partition coefficient (Wildman–Crippen LogP) is 2.63. The zero-order valence-electron chi connectivity index (χ0n) is 13.6. The second-order valence-corrected chi connectivity index (χ2v) is 6.08. The van der Waals surface area contributed by atoms with Crippen LogP contribution < -0.4 is 5.32 Å². The number of carbonyl (C=O) groups excluding carboxylic acids is 2. The van der Waals surface area contributed by atoms with Gasteiger partial charge in [-0.25, -0.2) is 0 Å². The van der Waals surface area contributed by atoms with Gasteiger partial charge >= 0.3 is 0 Å². The van der Waals surface area contributed by atoms with Crippen LogP contribution in [0.2, 0.25) is 0 Å². The summed E-state index contributed by atoms with van der Waals surface area (Å²) in [6, 6.07) is 12.4. The first-order chi connectivity index (χ1) is 11.7. The van der Waals surface area contributed by atoms with Crippen LogP contribution in [0.3, 0.4) is 0 Å². The fourth-order valence-corrected chi connectivity index (χ4v) is 3.02. The molecule has 5 nitrogen and oxygen atoms in total. The summed E-state index contributed by atoms with van der Waals surface area (Å²) in [5, 5.41) is 2.84. The van der Waals surface area contributed by atoms with Gasteiger partial charge in [-0.05, 0) is 37.0 Å². The Labute approximate surface area is 141 Å². The minimum atomic E-state index is -0.580. The standard InChI is InChI=1S/C19H22N2O3/c22-18(17-10-7-13-24-17)20-16(14-15-8-3-1-4-9-15)19(23)21-11-5-2-6-12-21/h1,3-4,7-10,13,16H,2,5-6,11-12,14H2,(H,20,22)/t16-/m0/s1. The number of hydrogen-bond donors (Lipinski definition) is 1. The summed E-state index contributed by atoms with van der Waals surface area (Å²) in [6.45, 7) is 1.53. The van der Waals surface area contributed by atoms with Gasteiger partial charge in [0.2, 0.25) is 5.91 Å². The number of rotatable bonds is 5. The van der Waals surface area contributed by atoms with Gasteiger partial charge in [0, 0.05) is 19.5 Å².